The zero-order valence-electron chi connectivity index (χ0n) is 26.2. The monoisotopic (exact) mass is 560 g/mol. The van der Waals surface area contributed by atoms with Crippen molar-refractivity contribution in [1.29, 1.82) is 0 Å². The van der Waals surface area contributed by atoms with Crippen LogP contribution in [0.25, 0.3) is 0 Å². The van der Waals surface area contributed by atoms with Crippen molar-refractivity contribution in [2.24, 2.45) is 0 Å². The molecule has 0 aliphatic carbocycles. The van der Waals surface area contributed by atoms with Gasteiger partial charge in [-0.25, -0.2) is 0 Å². The average molecular weight is 561 g/mol. The highest BCUT2D eigenvalue weighted by Crippen LogP contribution is 2.14. The Kier molecular flexibility index (Phi) is 23.3. The summed E-state index contributed by atoms with van der Waals surface area (Å²) >= 11 is 0. The topological polar surface area (TPSA) is 127 Å². The Morgan fingerprint density at radius 2 is 1.03 bits per heavy atom. The highest BCUT2D eigenvalue weighted by atomic mass is 16.5. The highest BCUT2D eigenvalue weighted by molar-refractivity contribution is 5.70. The van der Waals surface area contributed by atoms with Crippen molar-refractivity contribution in [3.8, 4) is 0 Å². The fourth-order valence-electron chi connectivity index (χ4n) is 4.36. The van der Waals surface area contributed by atoms with Crippen LogP contribution in [0.1, 0.15) is 110 Å². The van der Waals surface area contributed by atoms with Crippen LogP contribution in [0, 0.1) is 0 Å². The fraction of sp³-hybridized carbons (Fsp3) is 0.900. The van der Waals surface area contributed by atoms with Gasteiger partial charge in [0.2, 0.25) is 0 Å². The minimum atomic E-state index is -1.20. The molecule has 0 fully saturated rings. The average Bonchev–Trinajstić information content (AvgIpc) is 2.73. The van der Waals surface area contributed by atoms with Gasteiger partial charge >= 0.3 is 5.97 Å². The standard InChI is InChI=1S/C23H45NO4.C7H15NO3/c1-5-6-7-8-9-10-11-12-13-14-15-16-17-18-23(27)28-21(19-22(25)26)20-24(2,3)4;1-8(2,3)5-6(9)4-7(10)11/h21H,5-20H2,1-4H3;6,9H,4-5H2,1-3H3/t;6-/m.1/s1. The third-order valence-corrected chi connectivity index (χ3v) is 6.09. The van der Waals surface area contributed by atoms with Crippen molar-refractivity contribution >= 4 is 17.9 Å². The van der Waals surface area contributed by atoms with Crippen molar-refractivity contribution in [3.05, 3.63) is 0 Å². The van der Waals surface area contributed by atoms with Gasteiger partial charge in [-0.1, -0.05) is 84.0 Å². The third kappa shape index (κ3) is 34.3. The number of rotatable bonds is 23. The largest absolute Gasteiger partial charge is 0.550 e. The van der Waals surface area contributed by atoms with Crippen LogP contribution in [0.5, 0.6) is 0 Å². The lowest BCUT2D eigenvalue weighted by Gasteiger charge is -2.29. The minimum Gasteiger partial charge on any atom is -0.550 e. The van der Waals surface area contributed by atoms with Crippen molar-refractivity contribution in [3.63, 3.8) is 0 Å². The lowest BCUT2D eigenvalue weighted by atomic mass is 10.0. The van der Waals surface area contributed by atoms with Gasteiger partial charge in [0.25, 0.3) is 0 Å². The number of carboxylic acids is 2. The van der Waals surface area contributed by atoms with E-state index in [0.29, 0.717) is 28.5 Å². The zero-order chi connectivity index (χ0) is 30.3. The number of carboxylic acid groups (broad SMARTS) is 2. The van der Waals surface area contributed by atoms with Crippen LogP contribution >= 0.6 is 0 Å². The van der Waals surface area contributed by atoms with E-state index in [4.69, 9.17) is 9.84 Å². The van der Waals surface area contributed by atoms with Gasteiger partial charge in [-0.3, -0.25) is 4.79 Å². The molecular formula is C30H60N2O7. The van der Waals surface area contributed by atoms with Crippen LogP contribution in [0.3, 0.4) is 0 Å². The quantitative estimate of drug-likeness (QED) is 0.116. The molecule has 0 saturated carbocycles. The Labute approximate surface area is 238 Å². The molecule has 9 nitrogen and oxygen atoms in total. The van der Waals surface area contributed by atoms with Gasteiger partial charge in [-0.2, -0.15) is 0 Å². The summed E-state index contributed by atoms with van der Waals surface area (Å²) in [5.74, 6) is -2.67. The maximum atomic E-state index is 12.0. The number of hydrogen-bond donors (Lipinski definition) is 1. The van der Waals surface area contributed by atoms with Crippen LogP contribution in [0.4, 0.5) is 0 Å². The van der Waals surface area contributed by atoms with E-state index in [1.165, 1.54) is 64.2 Å². The summed E-state index contributed by atoms with van der Waals surface area (Å²) < 4.78 is 6.46. The Balaban J connectivity index is 0. The summed E-state index contributed by atoms with van der Waals surface area (Å²) in [5.41, 5.74) is 0. The van der Waals surface area contributed by atoms with Crippen LogP contribution in [0.15, 0.2) is 0 Å². The molecule has 2 atom stereocenters. The molecule has 9 heteroatoms. The molecule has 0 bridgehead atoms. The van der Waals surface area contributed by atoms with Crippen molar-refractivity contribution in [1.82, 2.24) is 0 Å². The summed E-state index contributed by atoms with van der Waals surface area (Å²) in [5, 5.41) is 30.0. The number of nitrogens with zero attached hydrogens (tertiary/aromatic N) is 2. The SMILES string of the molecule is CCCCCCCCCCCCCCCC(=O)OC(CC(=O)[O-])C[N+](C)(C)C.C[N+](C)(C)C[C@H](O)CC(=O)[O-]. The van der Waals surface area contributed by atoms with Crippen LogP contribution in [-0.4, -0.2) is 99.6 Å². The molecule has 0 aromatic heterocycles. The molecule has 232 valence electrons. The molecule has 0 heterocycles. The number of carbonyl (C=O) groups excluding carboxylic acids is 3. The second-order valence-corrected chi connectivity index (χ2v) is 12.9. The van der Waals surface area contributed by atoms with E-state index in [9.17, 15) is 24.6 Å². The Morgan fingerprint density at radius 1 is 0.641 bits per heavy atom. The lowest BCUT2D eigenvalue weighted by Crippen LogP contribution is -2.45. The smallest absolute Gasteiger partial charge is 0.306 e. The van der Waals surface area contributed by atoms with Gasteiger partial charge in [-0.15, -0.1) is 0 Å². The molecule has 1 unspecified atom stereocenters. The van der Waals surface area contributed by atoms with E-state index in [-0.39, 0.29) is 18.8 Å². The summed E-state index contributed by atoms with van der Waals surface area (Å²) in [4.78, 5) is 32.9. The Morgan fingerprint density at radius 3 is 1.38 bits per heavy atom. The predicted octanol–water partition coefficient (Wildman–Crippen LogP) is 2.42. The number of quaternary nitrogens is 2. The van der Waals surface area contributed by atoms with Gasteiger partial charge in [0.1, 0.15) is 19.2 Å². The number of hydrogen-bond acceptors (Lipinski definition) is 7. The van der Waals surface area contributed by atoms with Crippen molar-refractivity contribution in [2.75, 3.05) is 55.4 Å². The van der Waals surface area contributed by atoms with Gasteiger partial charge < -0.3 is 38.6 Å². The molecule has 0 aliphatic heterocycles. The number of ether oxygens (including phenoxy) is 1. The van der Waals surface area contributed by atoms with E-state index < -0.39 is 24.1 Å². The molecule has 39 heavy (non-hydrogen) atoms. The number of aliphatic hydroxyl groups excluding tert-OH is 1. The normalized spacial score (nSPS) is 13.2. The second-order valence-electron chi connectivity index (χ2n) is 12.9. The molecule has 0 aromatic carbocycles. The minimum absolute atomic E-state index is 0.236. The first-order valence-electron chi connectivity index (χ1n) is 14.9. The van der Waals surface area contributed by atoms with E-state index in [1.807, 2.05) is 42.3 Å². The third-order valence-electron chi connectivity index (χ3n) is 6.09. The molecule has 0 radical (unpaired) electrons. The fourth-order valence-corrected chi connectivity index (χ4v) is 4.36. The van der Waals surface area contributed by atoms with Gasteiger partial charge in [0.05, 0.1) is 42.3 Å². The van der Waals surface area contributed by atoms with Crippen LogP contribution < -0.4 is 10.2 Å². The summed E-state index contributed by atoms with van der Waals surface area (Å²) in [7, 11) is 11.5. The van der Waals surface area contributed by atoms with Gasteiger partial charge in [-0.05, 0) is 6.42 Å². The summed E-state index contributed by atoms with van der Waals surface area (Å²) in [6.07, 6.45) is 14.9. The van der Waals surface area contributed by atoms with E-state index in [1.54, 1.807) is 0 Å². The van der Waals surface area contributed by atoms with Crippen molar-refractivity contribution in [2.45, 2.75) is 122 Å². The van der Waals surface area contributed by atoms with Crippen LogP contribution in [-0.2, 0) is 19.1 Å². The maximum Gasteiger partial charge on any atom is 0.306 e. The van der Waals surface area contributed by atoms with E-state index in [0.717, 1.165) is 19.3 Å². The Bertz CT molecular complexity index is 642. The maximum absolute atomic E-state index is 12.0. The van der Waals surface area contributed by atoms with Gasteiger partial charge in [0, 0.05) is 31.2 Å². The van der Waals surface area contributed by atoms with E-state index in [2.05, 4.69) is 6.92 Å². The highest BCUT2D eigenvalue weighted by Gasteiger charge is 2.22. The molecule has 0 saturated heterocycles. The number of esters is 1. The summed E-state index contributed by atoms with van der Waals surface area (Å²) in [6.45, 7) is 3.15. The molecule has 0 rings (SSSR count). The predicted molar refractivity (Wildman–Crippen MR) is 151 cm³/mol. The van der Waals surface area contributed by atoms with Crippen LogP contribution in [0.2, 0.25) is 0 Å². The van der Waals surface area contributed by atoms with E-state index >= 15 is 0 Å². The number of aliphatic hydroxyl groups is 1. The molecule has 0 aliphatic rings. The van der Waals surface area contributed by atoms with Crippen molar-refractivity contribution < 1.29 is 43.4 Å². The number of aliphatic carboxylic acids is 2. The first-order valence-corrected chi connectivity index (χ1v) is 14.9. The molecule has 0 amide bonds. The Hall–Kier alpha value is -1.71. The first kappa shape index (κ1) is 39.4. The zero-order valence-corrected chi connectivity index (χ0v) is 26.2. The lowest BCUT2D eigenvalue weighted by molar-refractivity contribution is -0.873. The number of likely N-dealkylation sites (N-methyl/N-ethyl adjacent to an activating group) is 2. The summed E-state index contributed by atoms with van der Waals surface area (Å²) in [6, 6.07) is 0. The molecule has 0 aromatic rings. The molecule has 1 N–H and O–H groups in total. The molecular weight excluding hydrogens is 500 g/mol. The molecule has 0 spiro atoms. The first-order chi connectivity index (χ1) is 18.1. The second kappa shape index (κ2) is 23.0. The number of carbonyl (C=O) groups is 3. The number of unbranched alkanes of at least 4 members (excludes halogenated alkanes) is 12. The van der Waals surface area contributed by atoms with Gasteiger partial charge in [0.15, 0.2) is 6.10 Å².